The van der Waals surface area contributed by atoms with Crippen molar-refractivity contribution in [2.75, 3.05) is 13.6 Å². The van der Waals surface area contributed by atoms with Gasteiger partial charge in [0.2, 0.25) is 0 Å². The summed E-state index contributed by atoms with van der Waals surface area (Å²) in [5, 5.41) is 2.75. The second-order valence-corrected chi connectivity index (χ2v) is 1.50. The Morgan fingerprint density at radius 2 is 1.62 bits per heavy atom. The SMILES string of the molecule is CC=CC(=O)CNC.[F-].[F-].[F-].[F-].[Ta]. The number of ketones is 1. The topological polar surface area (TPSA) is 29.1 Å². The number of hydrogen-bond donors (Lipinski definition) is 1. The summed E-state index contributed by atoms with van der Waals surface area (Å²) in [6.07, 6.45) is 3.29. The molecule has 0 aromatic heterocycles. The third-order valence-corrected chi connectivity index (χ3v) is 0.704. The number of hydrogen-bond acceptors (Lipinski definition) is 2. The average Bonchev–Trinajstić information content (AvgIpc) is 1.68. The first-order valence-corrected chi connectivity index (χ1v) is 2.61. The van der Waals surface area contributed by atoms with E-state index in [2.05, 4.69) is 5.32 Å². The van der Waals surface area contributed by atoms with Crippen LogP contribution in [0.15, 0.2) is 12.2 Å². The summed E-state index contributed by atoms with van der Waals surface area (Å²) in [4.78, 5) is 10.5. The van der Waals surface area contributed by atoms with Crippen molar-refractivity contribution < 1.29 is 46.0 Å². The molecule has 0 aliphatic carbocycles. The van der Waals surface area contributed by atoms with E-state index in [1.807, 2.05) is 6.92 Å². The van der Waals surface area contributed by atoms with Crippen LogP contribution in [0.25, 0.3) is 0 Å². The number of allylic oxidation sites excluding steroid dienone is 1. The number of carbonyl (C=O) groups excluding carboxylic acids is 1. The smallest absolute Gasteiger partial charge is 0.169 e. The van der Waals surface area contributed by atoms with Gasteiger partial charge >= 0.3 is 0 Å². The summed E-state index contributed by atoms with van der Waals surface area (Å²) in [6, 6.07) is 0. The molecule has 0 aliphatic heterocycles. The van der Waals surface area contributed by atoms with Crippen molar-refractivity contribution in [3.63, 3.8) is 0 Å². The Bertz CT molecular complexity index is 113. The molecular formula is C6H11F4NOTa-4. The van der Waals surface area contributed by atoms with Crippen molar-refractivity contribution in [1.29, 1.82) is 0 Å². The van der Waals surface area contributed by atoms with E-state index in [4.69, 9.17) is 0 Å². The first-order valence-electron chi connectivity index (χ1n) is 2.61. The molecule has 83 valence electrons. The van der Waals surface area contributed by atoms with Gasteiger partial charge in [0.25, 0.3) is 0 Å². The van der Waals surface area contributed by atoms with Crippen molar-refractivity contribution in [2.45, 2.75) is 6.92 Å². The van der Waals surface area contributed by atoms with Gasteiger partial charge in [-0.25, -0.2) is 0 Å². The van der Waals surface area contributed by atoms with Crippen molar-refractivity contribution in [2.24, 2.45) is 0 Å². The quantitative estimate of drug-likeness (QED) is 0.395. The van der Waals surface area contributed by atoms with E-state index in [1.54, 1.807) is 19.2 Å². The zero-order valence-corrected chi connectivity index (χ0v) is 10.4. The summed E-state index contributed by atoms with van der Waals surface area (Å²) in [6.45, 7) is 2.26. The normalized spacial score (nSPS) is 6.31. The molecule has 0 aliphatic rings. The van der Waals surface area contributed by atoms with Gasteiger partial charge in [-0.05, 0) is 20.0 Å². The van der Waals surface area contributed by atoms with E-state index in [0.717, 1.165) is 0 Å². The fourth-order valence-electron chi connectivity index (χ4n) is 0.419. The molecule has 0 aromatic rings. The van der Waals surface area contributed by atoms with Crippen LogP contribution in [0.2, 0.25) is 0 Å². The van der Waals surface area contributed by atoms with Gasteiger partial charge in [0.05, 0.1) is 6.54 Å². The monoisotopic (exact) mass is 370 g/mol. The van der Waals surface area contributed by atoms with E-state index < -0.39 is 0 Å². The summed E-state index contributed by atoms with van der Waals surface area (Å²) in [7, 11) is 1.75. The Morgan fingerprint density at radius 1 is 1.23 bits per heavy atom. The van der Waals surface area contributed by atoms with Gasteiger partial charge < -0.3 is 24.1 Å². The van der Waals surface area contributed by atoms with Gasteiger partial charge in [-0.2, -0.15) is 0 Å². The maximum absolute atomic E-state index is 10.5. The zero-order valence-electron chi connectivity index (χ0n) is 7.23. The van der Waals surface area contributed by atoms with Gasteiger partial charge in [-0.3, -0.25) is 4.79 Å². The van der Waals surface area contributed by atoms with Crippen LogP contribution in [0.3, 0.4) is 0 Å². The molecule has 0 heterocycles. The Balaban J connectivity index is -0.0000000245. The fraction of sp³-hybridized carbons (Fsp3) is 0.500. The fourth-order valence-corrected chi connectivity index (χ4v) is 0.419. The molecule has 0 spiro atoms. The molecule has 0 saturated carbocycles. The molecule has 2 nitrogen and oxygen atoms in total. The Morgan fingerprint density at radius 3 is 1.85 bits per heavy atom. The third-order valence-electron chi connectivity index (χ3n) is 0.704. The van der Waals surface area contributed by atoms with Crippen LogP contribution in [0.4, 0.5) is 0 Å². The Hall–Kier alpha value is -0.170. The summed E-state index contributed by atoms with van der Waals surface area (Å²) in [5.74, 6) is 0.120. The van der Waals surface area contributed by atoms with Crippen LogP contribution in [0.1, 0.15) is 6.92 Å². The van der Waals surface area contributed by atoms with Crippen LogP contribution >= 0.6 is 0 Å². The standard InChI is InChI=1S/C6H11NO.4FH.Ta/c1-3-4-6(8)5-7-2;;;;;/h3-4,7H,5H2,1-2H3;4*1H;/p-4. The van der Waals surface area contributed by atoms with E-state index in [0.29, 0.717) is 6.54 Å². The first kappa shape index (κ1) is 38.5. The number of likely N-dealkylation sites (N-methyl/N-ethyl adjacent to an activating group) is 1. The predicted octanol–water partition coefficient (Wildman–Crippen LogP) is -11.6. The molecule has 0 atom stereocenters. The molecule has 1 radical (unpaired) electrons. The van der Waals surface area contributed by atoms with Crippen molar-refractivity contribution in [3.05, 3.63) is 12.2 Å². The average molecular weight is 370 g/mol. The molecule has 13 heavy (non-hydrogen) atoms. The molecule has 0 bridgehead atoms. The second kappa shape index (κ2) is 29.7. The summed E-state index contributed by atoms with van der Waals surface area (Å²) in [5.41, 5.74) is 0. The molecule has 0 fully saturated rings. The van der Waals surface area contributed by atoms with E-state index >= 15 is 0 Å². The zero-order chi connectivity index (χ0) is 6.41. The van der Waals surface area contributed by atoms with Crippen LogP contribution < -0.4 is 24.1 Å². The summed E-state index contributed by atoms with van der Waals surface area (Å²) >= 11 is 0. The molecule has 7 heteroatoms. The largest absolute Gasteiger partial charge is 1.00 e. The van der Waals surface area contributed by atoms with Crippen molar-refractivity contribution >= 4 is 5.78 Å². The molecule has 0 unspecified atom stereocenters. The van der Waals surface area contributed by atoms with Crippen LogP contribution in [0.5, 0.6) is 0 Å². The van der Waals surface area contributed by atoms with Crippen molar-refractivity contribution in [1.82, 2.24) is 5.32 Å². The Labute approximate surface area is 90.1 Å². The maximum Gasteiger partial charge on any atom is 0.169 e. The number of rotatable bonds is 3. The van der Waals surface area contributed by atoms with Gasteiger partial charge in [0.15, 0.2) is 5.78 Å². The van der Waals surface area contributed by atoms with E-state index in [9.17, 15) is 4.79 Å². The molecular weight excluding hydrogens is 359 g/mol. The Kier molecular flexibility index (Phi) is 88.1. The van der Waals surface area contributed by atoms with Gasteiger partial charge in [-0.15, -0.1) is 0 Å². The predicted molar refractivity (Wildman–Crippen MR) is 33.7 cm³/mol. The van der Waals surface area contributed by atoms with Gasteiger partial charge in [0.1, 0.15) is 0 Å². The second-order valence-electron chi connectivity index (χ2n) is 1.50. The minimum Gasteiger partial charge on any atom is -1.00 e. The molecule has 0 saturated heterocycles. The molecule has 1 N–H and O–H groups in total. The van der Waals surface area contributed by atoms with Crippen LogP contribution in [0, 0.1) is 0 Å². The van der Waals surface area contributed by atoms with Crippen LogP contribution in [-0.4, -0.2) is 19.4 Å². The molecule has 0 rings (SSSR count). The third kappa shape index (κ3) is 33.6. The van der Waals surface area contributed by atoms with E-state index in [1.165, 1.54) is 0 Å². The minimum atomic E-state index is 0. The van der Waals surface area contributed by atoms with E-state index in [-0.39, 0.29) is 47.0 Å². The number of carbonyl (C=O) groups is 1. The van der Waals surface area contributed by atoms with Crippen LogP contribution in [-0.2, 0) is 27.2 Å². The van der Waals surface area contributed by atoms with Gasteiger partial charge in [-0.1, -0.05) is 6.08 Å². The van der Waals surface area contributed by atoms with Gasteiger partial charge in [0, 0.05) is 22.4 Å². The minimum absolute atomic E-state index is 0. The summed E-state index contributed by atoms with van der Waals surface area (Å²) < 4.78 is 0. The molecule has 0 aromatic carbocycles. The maximum atomic E-state index is 10.5. The molecule has 0 amide bonds. The number of nitrogens with one attached hydrogen (secondary N) is 1. The first-order chi connectivity index (χ1) is 3.81. The van der Waals surface area contributed by atoms with Crippen molar-refractivity contribution in [3.8, 4) is 0 Å². The number of halogens is 4.